The van der Waals surface area contributed by atoms with Gasteiger partial charge in [-0.1, -0.05) is 12.2 Å². The van der Waals surface area contributed by atoms with E-state index in [0.29, 0.717) is 0 Å². The average Bonchev–Trinajstić information content (AvgIpc) is 3.12. The number of amides is 1. The topological polar surface area (TPSA) is 75.6 Å². The highest BCUT2D eigenvalue weighted by Gasteiger charge is 2.54. The van der Waals surface area contributed by atoms with Crippen molar-refractivity contribution in [3.63, 3.8) is 0 Å². The van der Waals surface area contributed by atoms with Crippen LogP contribution in [-0.2, 0) is 14.3 Å². The highest BCUT2D eigenvalue weighted by atomic mass is 16.5. The Bertz CT molecular complexity index is 577. The minimum atomic E-state index is -0.929. The first-order valence-electron chi connectivity index (χ1n) is 9.37. The summed E-state index contributed by atoms with van der Waals surface area (Å²) < 4.78 is 5.62. The van der Waals surface area contributed by atoms with Gasteiger partial charge in [0.15, 0.2) is 0 Å². The number of carboxylic acids is 1. The molecule has 6 bridgehead atoms. The second-order valence-electron chi connectivity index (χ2n) is 8.98. The van der Waals surface area contributed by atoms with E-state index < -0.39 is 23.9 Å². The molecular formula is C19H25NO4. The molecule has 0 radical (unpaired) electrons. The molecule has 0 spiro atoms. The number of aliphatic carboxylic acids is 1. The Morgan fingerprint density at radius 3 is 2.08 bits per heavy atom. The summed E-state index contributed by atoms with van der Waals surface area (Å²) in [5.74, 6) is 0.190. The molecule has 4 atom stereocenters. The highest BCUT2D eigenvalue weighted by Crippen LogP contribution is 2.59. The fourth-order valence-corrected chi connectivity index (χ4v) is 6.81. The highest BCUT2D eigenvalue weighted by molar-refractivity contribution is 5.87. The molecule has 1 amide bonds. The number of nitrogens with one attached hydrogen (secondary N) is 1. The number of fused-ring (bicyclic) bond motifs is 2. The molecule has 2 N–H and O–H groups in total. The van der Waals surface area contributed by atoms with E-state index in [1.165, 1.54) is 38.5 Å². The summed E-state index contributed by atoms with van der Waals surface area (Å²) in [4.78, 5) is 24.3. The molecule has 4 saturated carbocycles. The van der Waals surface area contributed by atoms with Gasteiger partial charge in [-0.05, 0) is 61.7 Å². The van der Waals surface area contributed by atoms with Crippen molar-refractivity contribution in [1.82, 2.24) is 5.32 Å². The summed E-state index contributed by atoms with van der Waals surface area (Å²) in [6.45, 7) is 0.722. The molecule has 5 nitrogen and oxygen atoms in total. The number of hydrogen-bond acceptors (Lipinski definition) is 3. The molecule has 4 aliphatic carbocycles. The van der Waals surface area contributed by atoms with Gasteiger partial charge in [0.05, 0.1) is 18.1 Å². The van der Waals surface area contributed by atoms with Crippen molar-refractivity contribution in [1.29, 1.82) is 0 Å². The molecule has 0 aromatic rings. The van der Waals surface area contributed by atoms with Crippen LogP contribution >= 0.6 is 0 Å². The fourth-order valence-electron chi connectivity index (χ4n) is 6.81. The maximum absolute atomic E-state index is 12.8. The Balaban J connectivity index is 1.28. The maximum atomic E-state index is 12.8. The van der Waals surface area contributed by atoms with Crippen LogP contribution in [0.25, 0.3) is 0 Å². The summed E-state index contributed by atoms with van der Waals surface area (Å²) >= 11 is 0. The smallest absolute Gasteiger partial charge is 0.310 e. The van der Waals surface area contributed by atoms with Crippen molar-refractivity contribution < 1.29 is 19.4 Å². The fraction of sp³-hybridized carbons (Fsp3) is 0.789. The number of hydrogen-bond donors (Lipinski definition) is 2. The van der Waals surface area contributed by atoms with Gasteiger partial charge in [-0.15, -0.1) is 0 Å². The maximum Gasteiger partial charge on any atom is 0.310 e. The predicted octanol–water partition coefficient (Wildman–Crippen LogP) is 1.97. The van der Waals surface area contributed by atoms with E-state index in [9.17, 15) is 14.7 Å². The third-order valence-electron chi connectivity index (χ3n) is 7.29. The Morgan fingerprint density at radius 2 is 1.54 bits per heavy atom. The molecule has 0 aromatic carbocycles. The van der Waals surface area contributed by atoms with Crippen molar-refractivity contribution in [2.75, 3.05) is 6.54 Å². The summed E-state index contributed by atoms with van der Waals surface area (Å²) in [5, 5.41) is 12.6. The molecule has 24 heavy (non-hydrogen) atoms. The molecule has 0 aromatic heterocycles. The van der Waals surface area contributed by atoms with Crippen LogP contribution in [0.2, 0.25) is 0 Å². The lowest BCUT2D eigenvalue weighted by Gasteiger charge is -2.57. The van der Waals surface area contributed by atoms with E-state index in [1.807, 2.05) is 6.08 Å². The average molecular weight is 331 g/mol. The third kappa shape index (κ3) is 2.17. The second kappa shape index (κ2) is 5.07. The van der Waals surface area contributed by atoms with Crippen molar-refractivity contribution >= 4 is 11.9 Å². The molecule has 5 heteroatoms. The van der Waals surface area contributed by atoms with Crippen molar-refractivity contribution in [3.05, 3.63) is 12.2 Å². The zero-order valence-corrected chi connectivity index (χ0v) is 13.8. The van der Waals surface area contributed by atoms with E-state index >= 15 is 0 Å². The van der Waals surface area contributed by atoms with Crippen LogP contribution < -0.4 is 5.32 Å². The van der Waals surface area contributed by atoms with Crippen LogP contribution in [0.5, 0.6) is 0 Å². The SMILES string of the molecule is O=C(O)[C@@H]1[C@@H](C(=O)NCC23CC4CC(CC(C4)C2)C3)[C@@H]2C=C[C@@H]1O2. The molecule has 5 fully saturated rings. The first-order chi connectivity index (χ1) is 11.5. The zero-order chi connectivity index (χ0) is 16.5. The number of carbonyl (C=O) groups excluding carboxylic acids is 1. The van der Waals surface area contributed by atoms with E-state index in [1.54, 1.807) is 6.08 Å². The minimum absolute atomic E-state index is 0.130. The van der Waals surface area contributed by atoms with Gasteiger partial charge in [-0.2, -0.15) is 0 Å². The number of carboxylic acid groups (broad SMARTS) is 1. The second-order valence-corrected chi connectivity index (χ2v) is 8.98. The molecule has 0 unspecified atom stereocenters. The zero-order valence-electron chi connectivity index (χ0n) is 13.8. The van der Waals surface area contributed by atoms with Gasteiger partial charge in [0.25, 0.3) is 0 Å². The van der Waals surface area contributed by atoms with Crippen LogP contribution in [0.4, 0.5) is 0 Å². The first-order valence-corrected chi connectivity index (χ1v) is 9.37. The predicted molar refractivity (Wildman–Crippen MR) is 86.0 cm³/mol. The third-order valence-corrected chi connectivity index (χ3v) is 7.29. The molecule has 1 saturated heterocycles. The molecule has 2 heterocycles. The molecular weight excluding hydrogens is 306 g/mol. The summed E-state index contributed by atoms with van der Waals surface area (Å²) in [5.41, 5.74) is 0.275. The molecule has 6 rings (SSSR count). The quantitative estimate of drug-likeness (QED) is 0.772. The van der Waals surface area contributed by atoms with E-state index in [0.717, 1.165) is 24.3 Å². The van der Waals surface area contributed by atoms with Crippen LogP contribution in [0, 0.1) is 35.0 Å². The van der Waals surface area contributed by atoms with Gasteiger partial charge in [-0.25, -0.2) is 0 Å². The van der Waals surface area contributed by atoms with Crippen LogP contribution in [0.15, 0.2) is 12.2 Å². The normalized spacial score (nSPS) is 50.4. The van der Waals surface area contributed by atoms with Gasteiger partial charge in [0.2, 0.25) is 5.91 Å². The van der Waals surface area contributed by atoms with Crippen molar-refractivity contribution in [2.24, 2.45) is 35.0 Å². The van der Waals surface area contributed by atoms with E-state index in [-0.39, 0.29) is 17.4 Å². The molecule has 130 valence electrons. The lowest BCUT2D eigenvalue weighted by atomic mass is 9.49. The van der Waals surface area contributed by atoms with Gasteiger partial charge in [-0.3, -0.25) is 9.59 Å². The van der Waals surface area contributed by atoms with Crippen LogP contribution in [0.1, 0.15) is 38.5 Å². The van der Waals surface area contributed by atoms with Gasteiger partial charge < -0.3 is 15.2 Å². The molecule has 6 aliphatic rings. The first kappa shape index (κ1) is 14.9. The van der Waals surface area contributed by atoms with E-state index in [2.05, 4.69) is 5.32 Å². The van der Waals surface area contributed by atoms with Gasteiger partial charge >= 0.3 is 5.97 Å². The Hall–Kier alpha value is -1.36. The standard InChI is InChI=1S/C19H25NO4/c21-17(15-13-1-2-14(24-13)16(15)18(22)23)20-9-19-6-10-3-11(7-19)5-12(4-10)8-19/h1-2,10-16H,3-9H2,(H,20,21)(H,22,23)/t10?,11?,12?,13-,14-,15-,16-,19?/m0/s1. The van der Waals surface area contributed by atoms with Crippen molar-refractivity contribution in [2.45, 2.75) is 50.7 Å². The van der Waals surface area contributed by atoms with Crippen LogP contribution in [-0.4, -0.2) is 35.7 Å². The lowest BCUT2D eigenvalue weighted by molar-refractivity contribution is -0.147. The Kier molecular flexibility index (Phi) is 3.16. The minimum Gasteiger partial charge on any atom is -0.481 e. The summed E-state index contributed by atoms with van der Waals surface area (Å²) in [6.07, 6.45) is 10.7. The van der Waals surface area contributed by atoms with Gasteiger partial charge in [0, 0.05) is 6.54 Å². The Labute approximate surface area is 141 Å². The van der Waals surface area contributed by atoms with E-state index in [4.69, 9.17) is 4.74 Å². The number of ether oxygens (including phenoxy) is 1. The summed E-state index contributed by atoms with van der Waals surface area (Å²) in [7, 11) is 0. The Morgan fingerprint density at radius 1 is 1.00 bits per heavy atom. The van der Waals surface area contributed by atoms with Crippen LogP contribution in [0.3, 0.4) is 0 Å². The number of rotatable bonds is 4. The summed E-state index contributed by atoms with van der Waals surface area (Å²) in [6, 6.07) is 0. The number of carbonyl (C=O) groups is 2. The lowest BCUT2D eigenvalue weighted by Crippen LogP contribution is -2.52. The van der Waals surface area contributed by atoms with Crippen molar-refractivity contribution in [3.8, 4) is 0 Å². The largest absolute Gasteiger partial charge is 0.481 e. The van der Waals surface area contributed by atoms with Gasteiger partial charge in [0.1, 0.15) is 5.92 Å². The monoisotopic (exact) mass is 331 g/mol. The molecule has 2 aliphatic heterocycles.